The van der Waals surface area contributed by atoms with Crippen molar-refractivity contribution in [3.63, 3.8) is 0 Å². The number of carboxylic acid groups (broad SMARTS) is 1. The summed E-state index contributed by atoms with van der Waals surface area (Å²) < 4.78 is 6.27. The summed E-state index contributed by atoms with van der Waals surface area (Å²) in [5, 5.41) is 14.2. The maximum atomic E-state index is 12.2. The van der Waals surface area contributed by atoms with E-state index in [9.17, 15) is 14.7 Å². The van der Waals surface area contributed by atoms with Crippen LogP contribution in [0, 0.1) is 0 Å². The van der Waals surface area contributed by atoms with Gasteiger partial charge in [0.15, 0.2) is 6.61 Å². The molecule has 0 aliphatic heterocycles. The number of aliphatic carboxylic acids is 1. The van der Waals surface area contributed by atoms with Crippen molar-refractivity contribution in [3.8, 4) is 5.75 Å². The summed E-state index contributed by atoms with van der Waals surface area (Å²) in [6, 6.07) is 11.5. The van der Waals surface area contributed by atoms with Crippen molar-refractivity contribution < 1.29 is 19.4 Å². The van der Waals surface area contributed by atoms with Crippen LogP contribution in [0.2, 0.25) is 5.02 Å². The number of hydrogen-bond acceptors (Lipinski definition) is 4. The Morgan fingerprint density at radius 1 is 1.23 bits per heavy atom. The van der Waals surface area contributed by atoms with E-state index in [1.807, 2.05) is 19.1 Å². The van der Waals surface area contributed by atoms with Gasteiger partial charge < -0.3 is 20.0 Å². The van der Waals surface area contributed by atoms with Crippen molar-refractivity contribution >= 4 is 39.4 Å². The lowest BCUT2D eigenvalue weighted by atomic mass is 10.0. The number of carboxylic acids is 1. The number of hydrogen-bond donors (Lipinski definition) is 1. The van der Waals surface area contributed by atoms with Crippen LogP contribution in [0.15, 0.2) is 46.9 Å². The number of benzene rings is 2. The summed E-state index contributed by atoms with van der Waals surface area (Å²) in [5.41, 5.74) is 1.77. The molecule has 5 nitrogen and oxygen atoms in total. The highest BCUT2D eigenvalue weighted by atomic mass is 79.9. The molecule has 0 saturated carbocycles. The molecule has 0 aliphatic rings. The number of ether oxygens (including phenoxy) is 1. The van der Waals surface area contributed by atoms with Crippen molar-refractivity contribution in [3.05, 3.63) is 63.1 Å². The van der Waals surface area contributed by atoms with Gasteiger partial charge in [-0.1, -0.05) is 36.7 Å². The molecule has 0 fully saturated rings. The highest BCUT2D eigenvalue weighted by Gasteiger charge is 2.16. The Labute approximate surface area is 165 Å². The van der Waals surface area contributed by atoms with Gasteiger partial charge >= 0.3 is 0 Å². The Kier molecular flexibility index (Phi) is 7.48. The molecule has 0 spiro atoms. The standard InChI is InChI=1S/C19H19BrClNO4/c1-2-12-3-8-17(15(20)9-12)26-11-18(23)22-16(10-19(24)25)13-4-6-14(21)7-5-13/h3-9,16H,2,10-11H2,1H3,(H,22,23)(H,24,25)/p-1. The molecule has 2 aromatic rings. The van der Waals surface area contributed by atoms with E-state index < -0.39 is 17.9 Å². The van der Waals surface area contributed by atoms with Gasteiger partial charge in [0.1, 0.15) is 5.75 Å². The number of nitrogens with one attached hydrogen (secondary N) is 1. The van der Waals surface area contributed by atoms with E-state index in [1.165, 1.54) is 0 Å². The Morgan fingerprint density at radius 2 is 1.92 bits per heavy atom. The molecule has 1 N–H and O–H groups in total. The molecule has 138 valence electrons. The fourth-order valence-electron chi connectivity index (χ4n) is 2.37. The number of carbonyl (C=O) groups excluding carboxylic acids is 2. The Balaban J connectivity index is 2.00. The summed E-state index contributed by atoms with van der Waals surface area (Å²) >= 11 is 9.25. The number of rotatable bonds is 8. The zero-order valence-corrected chi connectivity index (χ0v) is 16.5. The van der Waals surface area contributed by atoms with Crippen LogP contribution >= 0.6 is 27.5 Å². The first kappa shape index (κ1) is 20.3. The van der Waals surface area contributed by atoms with Crippen LogP contribution in [-0.2, 0) is 16.0 Å². The molecule has 7 heteroatoms. The van der Waals surface area contributed by atoms with Gasteiger partial charge in [0.25, 0.3) is 5.91 Å². The number of halogens is 2. The molecule has 1 amide bonds. The normalized spacial score (nSPS) is 11.7. The van der Waals surface area contributed by atoms with Crippen LogP contribution in [0.3, 0.4) is 0 Å². The zero-order valence-electron chi connectivity index (χ0n) is 14.1. The van der Waals surface area contributed by atoms with E-state index in [0.29, 0.717) is 16.3 Å². The topological polar surface area (TPSA) is 78.5 Å². The summed E-state index contributed by atoms with van der Waals surface area (Å²) in [6.07, 6.45) is 0.549. The van der Waals surface area contributed by atoms with Gasteiger partial charge in [0, 0.05) is 17.4 Å². The average molecular weight is 440 g/mol. The van der Waals surface area contributed by atoms with E-state index in [1.54, 1.807) is 30.3 Å². The molecule has 0 saturated heterocycles. The number of aryl methyl sites for hydroxylation is 1. The van der Waals surface area contributed by atoms with Crippen LogP contribution in [0.5, 0.6) is 5.75 Å². The molecule has 0 bridgehead atoms. The van der Waals surface area contributed by atoms with Gasteiger partial charge in [0.05, 0.1) is 10.5 Å². The van der Waals surface area contributed by atoms with Crippen LogP contribution in [0.1, 0.15) is 30.5 Å². The summed E-state index contributed by atoms with van der Waals surface area (Å²) in [7, 11) is 0. The minimum atomic E-state index is -1.26. The summed E-state index contributed by atoms with van der Waals surface area (Å²) in [4.78, 5) is 23.2. The third-order valence-corrected chi connectivity index (χ3v) is 4.61. The van der Waals surface area contributed by atoms with E-state index in [4.69, 9.17) is 16.3 Å². The van der Waals surface area contributed by atoms with Crippen molar-refractivity contribution in [1.82, 2.24) is 5.32 Å². The monoisotopic (exact) mass is 438 g/mol. The van der Waals surface area contributed by atoms with Crippen LogP contribution < -0.4 is 15.2 Å². The molecule has 0 radical (unpaired) electrons. The molecular weight excluding hydrogens is 422 g/mol. The molecule has 0 aromatic heterocycles. The summed E-state index contributed by atoms with van der Waals surface area (Å²) in [5.74, 6) is -1.15. The fraction of sp³-hybridized carbons (Fsp3) is 0.263. The van der Waals surface area contributed by atoms with Crippen LogP contribution in [0.25, 0.3) is 0 Å². The van der Waals surface area contributed by atoms with Crippen molar-refractivity contribution in [2.24, 2.45) is 0 Å². The van der Waals surface area contributed by atoms with Crippen LogP contribution in [-0.4, -0.2) is 18.5 Å². The van der Waals surface area contributed by atoms with Gasteiger partial charge in [-0.05, 0) is 57.7 Å². The van der Waals surface area contributed by atoms with Crippen molar-refractivity contribution in [2.45, 2.75) is 25.8 Å². The Hall–Kier alpha value is -2.05. The van der Waals surface area contributed by atoms with Gasteiger partial charge in [-0.25, -0.2) is 0 Å². The molecule has 1 atom stereocenters. The maximum Gasteiger partial charge on any atom is 0.258 e. The molecule has 2 aromatic carbocycles. The third kappa shape index (κ3) is 6.04. The highest BCUT2D eigenvalue weighted by Crippen LogP contribution is 2.26. The number of carbonyl (C=O) groups is 2. The minimum absolute atomic E-state index is 0.235. The quantitative estimate of drug-likeness (QED) is 0.686. The van der Waals surface area contributed by atoms with E-state index in [2.05, 4.69) is 21.2 Å². The lowest BCUT2D eigenvalue weighted by Gasteiger charge is -2.20. The fourth-order valence-corrected chi connectivity index (χ4v) is 3.04. The van der Waals surface area contributed by atoms with E-state index in [-0.39, 0.29) is 13.0 Å². The molecule has 26 heavy (non-hydrogen) atoms. The molecule has 0 heterocycles. The number of amides is 1. The second-order valence-electron chi connectivity index (χ2n) is 5.65. The lowest BCUT2D eigenvalue weighted by molar-refractivity contribution is -0.306. The van der Waals surface area contributed by atoms with E-state index >= 15 is 0 Å². The first-order valence-corrected chi connectivity index (χ1v) is 9.22. The van der Waals surface area contributed by atoms with E-state index in [0.717, 1.165) is 16.5 Å². The lowest BCUT2D eigenvalue weighted by Crippen LogP contribution is -2.36. The molecular formula is C19H18BrClNO4-. The Morgan fingerprint density at radius 3 is 2.50 bits per heavy atom. The second kappa shape index (κ2) is 9.59. The first-order valence-electron chi connectivity index (χ1n) is 8.05. The van der Waals surface area contributed by atoms with Crippen molar-refractivity contribution in [1.29, 1.82) is 0 Å². The van der Waals surface area contributed by atoms with Gasteiger partial charge in [-0.3, -0.25) is 4.79 Å². The summed E-state index contributed by atoms with van der Waals surface area (Å²) in [6.45, 7) is 1.81. The highest BCUT2D eigenvalue weighted by molar-refractivity contribution is 9.10. The first-order chi connectivity index (χ1) is 12.4. The molecule has 1 unspecified atom stereocenters. The zero-order chi connectivity index (χ0) is 19.1. The van der Waals surface area contributed by atoms with Crippen molar-refractivity contribution in [2.75, 3.05) is 6.61 Å². The molecule has 0 aliphatic carbocycles. The average Bonchev–Trinajstić information content (AvgIpc) is 2.60. The SMILES string of the molecule is CCc1ccc(OCC(=O)NC(CC(=O)[O-])c2ccc(Cl)cc2)c(Br)c1. The largest absolute Gasteiger partial charge is 0.550 e. The predicted molar refractivity (Wildman–Crippen MR) is 101 cm³/mol. The molecule has 2 rings (SSSR count). The van der Waals surface area contributed by atoms with Gasteiger partial charge in [-0.15, -0.1) is 0 Å². The third-order valence-electron chi connectivity index (χ3n) is 3.74. The van der Waals surface area contributed by atoms with Gasteiger partial charge in [0.2, 0.25) is 0 Å². The maximum absolute atomic E-state index is 12.2. The smallest absolute Gasteiger partial charge is 0.258 e. The Bertz CT molecular complexity index is 780. The van der Waals surface area contributed by atoms with Crippen LogP contribution in [0.4, 0.5) is 0 Å². The predicted octanol–water partition coefficient (Wildman–Crippen LogP) is 3.04. The second-order valence-corrected chi connectivity index (χ2v) is 6.95. The van der Waals surface area contributed by atoms with Gasteiger partial charge in [-0.2, -0.15) is 0 Å². The minimum Gasteiger partial charge on any atom is -0.550 e.